The highest BCUT2D eigenvalue weighted by Gasteiger charge is 2.16. The van der Waals surface area contributed by atoms with Gasteiger partial charge >= 0.3 is 0 Å². The van der Waals surface area contributed by atoms with Crippen molar-refractivity contribution in [3.05, 3.63) is 39.8 Å². The third-order valence-electron chi connectivity index (χ3n) is 5.54. The van der Waals surface area contributed by atoms with Gasteiger partial charge in [0.25, 0.3) is 0 Å². The molecule has 170 valence electrons. The quantitative estimate of drug-likeness (QED) is 0.352. The van der Waals surface area contributed by atoms with Gasteiger partial charge < -0.3 is 20.3 Å². The molecule has 1 aliphatic rings. The van der Waals surface area contributed by atoms with Crippen molar-refractivity contribution in [3.63, 3.8) is 0 Å². The first-order valence-electron chi connectivity index (χ1n) is 11.2. The van der Waals surface area contributed by atoms with Crippen LogP contribution in [0, 0.1) is 13.8 Å². The van der Waals surface area contributed by atoms with Gasteiger partial charge in [-0.25, -0.2) is 9.98 Å². The van der Waals surface area contributed by atoms with Gasteiger partial charge in [0.15, 0.2) is 5.96 Å². The average Bonchev–Trinajstić information content (AvgIpc) is 3.12. The van der Waals surface area contributed by atoms with Crippen LogP contribution in [0.25, 0.3) is 0 Å². The van der Waals surface area contributed by atoms with Crippen LogP contribution in [0.2, 0.25) is 0 Å². The molecule has 2 N–H and O–H groups in total. The minimum atomic E-state index is 0.627. The highest BCUT2D eigenvalue weighted by molar-refractivity contribution is 7.11. The lowest BCUT2D eigenvalue weighted by atomic mass is 10.2. The van der Waals surface area contributed by atoms with Gasteiger partial charge in [0, 0.05) is 49.8 Å². The molecule has 1 aromatic carbocycles. The maximum Gasteiger partial charge on any atom is 0.191 e. The van der Waals surface area contributed by atoms with Crippen molar-refractivity contribution in [2.24, 2.45) is 4.99 Å². The number of hydrogen-bond donors (Lipinski definition) is 2. The van der Waals surface area contributed by atoms with Crippen LogP contribution in [0.1, 0.15) is 28.9 Å². The Morgan fingerprint density at radius 3 is 2.48 bits per heavy atom. The summed E-state index contributed by atoms with van der Waals surface area (Å²) >= 11 is 1.73. The number of benzene rings is 1. The van der Waals surface area contributed by atoms with Crippen LogP contribution in [0.4, 0.5) is 5.69 Å². The molecule has 0 radical (unpaired) electrons. The van der Waals surface area contributed by atoms with Crippen molar-refractivity contribution < 1.29 is 4.74 Å². The van der Waals surface area contributed by atoms with Crippen molar-refractivity contribution in [3.8, 4) is 5.75 Å². The van der Waals surface area contributed by atoms with E-state index in [2.05, 4.69) is 58.3 Å². The molecule has 8 heteroatoms. The molecular formula is C23H36N6OS. The van der Waals surface area contributed by atoms with E-state index in [0.717, 1.165) is 74.6 Å². The predicted molar refractivity (Wildman–Crippen MR) is 131 cm³/mol. The van der Waals surface area contributed by atoms with Crippen LogP contribution in [-0.2, 0) is 6.54 Å². The fraction of sp³-hybridized carbons (Fsp3) is 0.565. The SMILES string of the molecule is CCNC(=NCc1nc(C)c(C)s1)NCCCN1CCN(c2ccc(OC)cc2)CC1. The number of aromatic nitrogens is 1. The van der Waals surface area contributed by atoms with E-state index in [0.29, 0.717) is 6.54 Å². The van der Waals surface area contributed by atoms with Gasteiger partial charge in [-0.3, -0.25) is 4.90 Å². The number of aliphatic imine (C=N–C) groups is 1. The van der Waals surface area contributed by atoms with Crippen LogP contribution in [0.5, 0.6) is 5.75 Å². The second kappa shape index (κ2) is 11.9. The summed E-state index contributed by atoms with van der Waals surface area (Å²) in [6, 6.07) is 8.37. The molecular weight excluding hydrogens is 408 g/mol. The lowest BCUT2D eigenvalue weighted by molar-refractivity contribution is 0.255. The Hall–Kier alpha value is -2.32. The molecule has 7 nitrogen and oxygen atoms in total. The number of guanidine groups is 1. The zero-order valence-corrected chi connectivity index (χ0v) is 20.1. The van der Waals surface area contributed by atoms with E-state index < -0.39 is 0 Å². The van der Waals surface area contributed by atoms with Crippen molar-refractivity contribution in [2.45, 2.75) is 33.7 Å². The Labute approximate surface area is 190 Å². The van der Waals surface area contributed by atoms with Crippen LogP contribution in [0.15, 0.2) is 29.3 Å². The van der Waals surface area contributed by atoms with Gasteiger partial charge in [-0.15, -0.1) is 11.3 Å². The molecule has 0 atom stereocenters. The number of aryl methyl sites for hydroxylation is 2. The van der Waals surface area contributed by atoms with Gasteiger partial charge in [-0.1, -0.05) is 0 Å². The molecule has 3 rings (SSSR count). The molecule has 0 bridgehead atoms. The first-order chi connectivity index (χ1) is 15.1. The lowest BCUT2D eigenvalue weighted by Gasteiger charge is -2.36. The van der Waals surface area contributed by atoms with Crippen molar-refractivity contribution >= 4 is 23.0 Å². The Morgan fingerprint density at radius 1 is 1.13 bits per heavy atom. The topological polar surface area (TPSA) is 65.0 Å². The van der Waals surface area contributed by atoms with Gasteiger partial charge in [0.1, 0.15) is 10.8 Å². The van der Waals surface area contributed by atoms with Crippen LogP contribution in [0.3, 0.4) is 0 Å². The highest BCUT2D eigenvalue weighted by Crippen LogP contribution is 2.20. The molecule has 1 saturated heterocycles. The Bertz CT molecular complexity index is 808. The number of hydrogen-bond acceptors (Lipinski definition) is 6. The Kier molecular flexibility index (Phi) is 8.97. The summed E-state index contributed by atoms with van der Waals surface area (Å²) in [5.41, 5.74) is 2.39. The monoisotopic (exact) mass is 444 g/mol. The molecule has 0 unspecified atom stereocenters. The second-order valence-electron chi connectivity index (χ2n) is 7.75. The Morgan fingerprint density at radius 2 is 1.87 bits per heavy atom. The zero-order valence-electron chi connectivity index (χ0n) is 19.3. The molecule has 0 saturated carbocycles. The third kappa shape index (κ3) is 7.11. The summed E-state index contributed by atoms with van der Waals surface area (Å²) in [5.74, 6) is 1.78. The largest absolute Gasteiger partial charge is 0.497 e. The number of anilines is 1. The number of rotatable bonds is 9. The van der Waals surface area contributed by atoms with E-state index in [4.69, 9.17) is 9.73 Å². The van der Waals surface area contributed by atoms with E-state index in [1.807, 2.05) is 12.1 Å². The normalized spacial score (nSPS) is 15.2. The van der Waals surface area contributed by atoms with E-state index in [9.17, 15) is 0 Å². The summed E-state index contributed by atoms with van der Waals surface area (Å²) in [4.78, 5) is 15.5. The summed E-state index contributed by atoms with van der Waals surface area (Å²) in [5, 5.41) is 7.87. The third-order valence-corrected chi connectivity index (χ3v) is 6.60. The average molecular weight is 445 g/mol. The van der Waals surface area contributed by atoms with E-state index in [-0.39, 0.29) is 0 Å². The molecule has 2 aromatic rings. The molecule has 1 aliphatic heterocycles. The standard InChI is InChI=1S/C23H36N6OS/c1-5-24-23(26-17-22-27-18(2)19(3)31-22)25-11-6-12-28-13-15-29(16-14-28)20-7-9-21(30-4)10-8-20/h7-10H,5-6,11-17H2,1-4H3,(H2,24,25,26). The molecule has 1 aromatic heterocycles. The number of ether oxygens (including phenoxy) is 1. The minimum Gasteiger partial charge on any atom is -0.497 e. The number of nitrogens with zero attached hydrogens (tertiary/aromatic N) is 4. The maximum absolute atomic E-state index is 5.26. The molecule has 0 amide bonds. The number of thiazole rings is 1. The summed E-state index contributed by atoms with van der Waals surface area (Å²) < 4.78 is 5.26. The summed E-state index contributed by atoms with van der Waals surface area (Å²) in [7, 11) is 1.71. The molecule has 0 aliphatic carbocycles. The fourth-order valence-electron chi connectivity index (χ4n) is 3.63. The highest BCUT2D eigenvalue weighted by atomic mass is 32.1. The second-order valence-corrected chi connectivity index (χ2v) is 9.04. The van der Waals surface area contributed by atoms with E-state index >= 15 is 0 Å². The van der Waals surface area contributed by atoms with E-state index in [1.54, 1.807) is 18.4 Å². The predicted octanol–water partition coefficient (Wildman–Crippen LogP) is 3.04. The molecule has 2 heterocycles. The zero-order chi connectivity index (χ0) is 22.1. The molecule has 1 fully saturated rings. The first-order valence-corrected chi connectivity index (χ1v) is 12.0. The first kappa shape index (κ1) is 23.3. The minimum absolute atomic E-state index is 0.627. The van der Waals surface area contributed by atoms with Gasteiger partial charge in [-0.05, 0) is 58.0 Å². The number of nitrogens with one attached hydrogen (secondary N) is 2. The maximum atomic E-state index is 5.26. The van der Waals surface area contributed by atoms with Gasteiger partial charge in [-0.2, -0.15) is 0 Å². The van der Waals surface area contributed by atoms with Gasteiger partial charge in [0.2, 0.25) is 0 Å². The van der Waals surface area contributed by atoms with Crippen molar-refractivity contribution in [1.82, 2.24) is 20.5 Å². The summed E-state index contributed by atoms with van der Waals surface area (Å²) in [6.07, 6.45) is 1.10. The van der Waals surface area contributed by atoms with Crippen LogP contribution in [-0.4, -0.2) is 68.8 Å². The smallest absolute Gasteiger partial charge is 0.191 e. The van der Waals surface area contributed by atoms with E-state index in [1.165, 1.54) is 10.6 Å². The summed E-state index contributed by atoms with van der Waals surface area (Å²) in [6.45, 7) is 14.1. The molecule has 31 heavy (non-hydrogen) atoms. The van der Waals surface area contributed by atoms with Crippen LogP contribution >= 0.6 is 11.3 Å². The van der Waals surface area contributed by atoms with Crippen molar-refractivity contribution in [2.75, 3.05) is 57.8 Å². The van der Waals surface area contributed by atoms with Crippen molar-refractivity contribution in [1.29, 1.82) is 0 Å². The Balaban J connectivity index is 1.36. The molecule has 0 spiro atoms. The van der Waals surface area contributed by atoms with Gasteiger partial charge in [0.05, 0.1) is 19.3 Å². The van der Waals surface area contributed by atoms with Crippen LogP contribution < -0.4 is 20.3 Å². The fourth-order valence-corrected chi connectivity index (χ4v) is 4.49. The lowest BCUT2D eigenvalue weighted by Crippen LogP contribution is -2.47. The number of methoxy groups -OCH3 is 1. The number of piperazine rings is 1.